The first-order chi connectivity index (χ1) is 16.0. The monoisotopic (exact) mass is 479 g/mol. The zero-order chi connectivity index (χ0) is 24.7. The molecule has 1 unspecified atom stereocenters. The van der Waals surface area contributed by atoms with Crippen molar-refractivity contribution in [2.24, 2.45) is 5.92 Å². The summed E-state index contributed by atoms with van der Waals surface area (Å²) >= 11 is 0. The Morgan fingerprint density at radius 1 is 1.15 bits per heavy atom. The molecular weight excluding hydrogens is 450 g/mol. The van der Waals surface area contributed by atoms with Crippen LogP contribution in [0, 0.1) is 12.8 Å². The summed E-state index contributed by atoms with van der Waals surface area (Å²) in [6.45, 7) is 9.08. The van der Waals surface area contributed by atoms with Gasteiger partial charge in [-0.3, -0.25) is 4.79 Å². The second kappa shape index (κ2) is 8.72. The van der Waals surface area contributed by atoms with Gasteiger partial charge in [0.1, 0.15) is 11.6 Å². The highest BCUT2D eigenvalue weighted by molar-refractivity contribution is 7.90. The molecule has 1 amide bonds. The van der Waals surface area contributed by atoms with Crippen LogP contribution in [-0.2, 0) is 10.0 Å². The number of nitrogens with two attached hydrogens (primary N) is 1. The van der Waals surface area contributed by atoms with E-state index in [1.165, 1.54) is 18.2 Å². The van der Waals surface area contributed by atoms with Crippen LogP contribution in [0.1, 0.15) is 43.1 Å². The van der Waals surface area contributed by atoms with Gasteiger partial charge in [0.25, 0.3) is 15.9 Å². The average Bonchev–Trinajstić information content (AvgIpc) is 3.05. The van der Waals surface area contributed by atoms with Crippen LogP contribution < -0.4 is 15.4 Å². The minimum Gasteiger partial charge on any atom is -0.384 e. The number of benzene rings is 1. The molecule has 0 radical (unpaired) electrons. The molecule has 8 nitrogen and oxygen atoms in total. The average molecular weight is 480 g/mol. The quantitative estimate of drug-likeness (QED) is 0.572. The minimum absolute atomic E-state index is 0.0481. The first-order valence-electron chi connectivity index (χ1n) is 11.1. The van der Waals surface area contributed by atoms with E-state index in [9.17, 15) is 13.2 Å². The normalized spacial score (nSPS) is 17.5. The molecule has 1 aliphatic rings. The number of pyridine rings is 2. The number of carbonyl (C=O) groups excluding carboxylic acids is 1. The van der Waals surface area contributed by atoms with E-state index in [1.807, 2.05) is 31.2 Å². The van der Waals surface area contributed by atoms with E-state index in [-0.39, 0.29) is 21.9 Å². The first-order valence-corrected chi connectivity index (χ1v) is 12.6. The van der Waals surface area contributed by atoms with Crippen LogP contribution in [0.3, 0.4) is 0 Å². The van der Waals surface area contributed by atoms with Crippen LogP contribution in [0.25, 0.3) is 11.1 Å². The molecule has 3 heterocycles. The zero-order valence-corrected chi connectivity index (χ0v) is 20.6. The van der Waals surface area contributed by atoms with Gasteiger partial charge in [-0.05, 0) is 56.9 Å². The summed E-state index contributed by atoms with van der Waals surface area (Å²) in [7, 11) is -4.23. The number of nitrogens with one attached hydrogen (secondary N) is 1. The second-order valence-electron chi connectivity index (χ2n) is 9.29. The molecule has 0 aliphatic carbocycles. The fourth-order valence-corrected chi connectivity index (χ4v) is 5.18. The van der Waals surface area contributed by atoms with Crippen LogP contribution in [-0.4, -0.2) is 36.4 Å². The Hall–Kier alpha value is -3.46. The summed E-state index contributed by atoms with van der Waals surface area (Å²) in [6.07, 6.45) is 2.68. The molecule has 9 heteroatoms. The van der Waals surface area contributed by atoms with Crippen molar-refractivity contribution in [1.82, 2.24) is 14.7 Å². The van der Waals surface area contributed by atoms with E-state index in [4.69, 9.17) is 5.73 Å². The van der Waals surface area contributed by atoms with Crippen molar-refractivity contribution in [3.8, 4) is 11.1 Å². The Bertz CT molecular complexity index is 1350. The highest BCUT2D eigenvalue weighted by Gasteiger charge is 2.41. The Balaban J connectivity index is 1.79. The molecule has 178 valence electrons. The van der Waals surface area contributed by atoms with E-state index >= 15 is 0 Å². The van der Waals surface area contributed by atoms with Gasteiger partial charge in [0.05, 0.1) is 5.56 Å². The fourth-order valence-electron chi connectivity index (χ4n) is 4.24. The highest BCUT2D eigenvalue weighted by Crippen LogP contribution is 2.39. The van der Waals surface area contributed by atoms with Crippen molar-refractivity contribution in [2.75, 3.05) is 17.2 Å². The molecule has 3 aromatic rings. The van der Waals surface area contributed by atoms with Gasteiger partial charge in [-0.25, -0.2) is 14.7 Å². The molecular formula is C25H29N5O3S. The summed E-state index contributed by atoms with van der Waals surface area (Å²) in [5.41, 5.74) is 8.26. The summed E-state index contributed by atoms with van der Waals surface area (Å²) in [5, 5.41) is -0.319. The maximum Gasteiger partial charge on any atom is 0.281 e. The van der Waals surface area contributed by atoms with Gasteiger partial charge in [-0.2, -0.15) is 8.42 Å². The third kappa shape index (κ3) is 4.48. The Morgan fingerprint density at radius 3 is 2.53 bits per heavy atom. The van der Waals surface area contributed by atoms with Crippen LogP contribution in [0.15, 0.2) is 59.8 Å². The van der Waals surface area contributed by atoms with Crippen molar-refractivity contribution in [3.05, 3.63) is 65.9 Å². The number of sulfonamides is 1. The topological polar surface area (TPSA) is 118 Å². The van der Waals surface area contributed by atoms with Gasteiger partial charge < -0.3 is 10.6 Å². The molecule has 1 aromatic carbocycles. The van der Waals surface area contributed by atoms with E-state index in [0.717, 1.165) is 29.7 Å². The number of anilines is 2. The Morgan fingerprint density at radius 2 is 1.88 bits per heavy atom. The van der Waals surface area contributed by atoms with Gasteiger partial charge in [0.2, 0.25) is 0 Å². The summed E-state index contributed by atoms with van der Waals surface area (Å²) < 4.78 is 27.9. The fraction of sp³-hybridized carbons (Fsp3) is 0.320. The molecule has 1 saturated heterocycles. The van der Waals surface area contributed by atoms with Crippen molar-refractivity contribution in [1.29, 1.82) is 0 Å². The van der Waals surface area contributed by atoms with Crippen molar-refractivity contribution >= 4 is 27.6 Å². The number of nitrogens with zero attached hydrogens (tertiary/aromatic N) is 3. The molecule has 1 atom stereocenters. The lowest BCUT2D eigenvalue weighted by molar-refractivity contribution is 0.0981. The lowest BCUT2D eigenvalue weighted by atomic mass is 9.90. The number of carbonyl (C=O) groups is 1. The highest BCUT2D eigenvalue weighted by atomic mass is 32.2. The Kier molecular flexibility index (Phi) is 6.07. The zero-order valence-electron chi connectivity index (χ0n) is 19.7. The van der Waals surface area contributed by atoms with Gasteiger partial charge in [-0.1, -0.05) is 42.8 Å². The number of hydrogen-bond donors (Lipinski definition) is 2. The minimum atomic E-state index is -4.23. The third-order valence-corrected chi connectivity index (χ3v) is 7.89. The molecule has 34 heavy (non-hydrogen) atoms. The summed E-state index contributed by atoms with van der Waals surface area (Å²) in [4.78, 5) is 24.0. The third-order valence-electron chi connectivity index (χ3n) is 6.65. The van der Waals surface area contributed by atoms with Crippen LogP contribution in [0.4, 0.5) is 11.6 Å². The van der Waals surface area contributed by atoms with E-state index in [2.05, 4.69) is 40.4 Å². The lowest BCUT2D eigenvalue weighted by Crippen LogP contribution is -2.43. The lowest BCUT2D eigenvalue weighted by Gasteiger charge is -2.36. The van der Waals surface area contributed by atoms with Crippen LogP contribution in [0.2, 0.25) is 0 Å². The summed E-state index contributed by atoms with van der Waals surface area (Å²) in [6, 6.07) is 13.8. The number of hydrogen-bond acceptors (Lipinski definition) is 7. The van der Waals surface area contributed by atoms with Gasteiger partial charge in [0, 0.05) is 23.8 Å². The van der Waals surface area contributed by atoms with Crippen LogP contribution in [0.5, 0.6) is 0 Å². The predicted octanol–water partition coefficient (Wildman–Crippen LogP) is 3.78. The van der Waals surface area contributed by atoms with Crippen molar-refractivity contribution in [2.45, 2.75) is 44.7 Å². The van der Waals surface area contributed by atoms with E-state index in [1.54, 1.807) is 12.3 Å². The van der Waals surface area contributed by atoms with Gasteiger partial charge in [-0.15, -0.1) is 0 Å². The number of rotatable bonds is 5. The van der Waals surface area contributed by atoms with Gasteiger partial charge >= 0.3 is 0 Å². The molecule has 0 spiro atoms. The summed E-state index contributed by atoms with van der Waals surface area (Å²) in [5.74, 6) is 0.115. The van der Waals surface area contributed by atoms with E-state index in [0.29, 0.717) is 11.7 Å². The smallest absolute Gasteiger partial charge is 0.281 e. The standard InChI is InChI=1S/C25H29N5O3S/c1-16-7-5-8-18(13-16)19-14-20(23(27-15-19)30-12-11-17(2)25(30,3)4)24(31)29-34(32,33)22-10-6-9-21(26)28-22/h5-10,13-15,17H,11-12H2,1-4H3,(H2,26,28)(H,29,31). The van der Waals surface area contributed by atoms with Gasteiger partial charge in [0.15, 0.2) is 5.03 Å². The SMILES string of the molecule is Cc1cccc(-c2cnc(N3CCC(C)C3(C)C)c(C(=O)NS(=O)(=O)c3cccc(N)n3)c2)c1. The van der Waals surface area contributed by atoms with Crippen LogP contribution >= 0.6 is 0 Å². The molecule has 4 rings (SSSR count). The van der Waals surface area contributed by atoms with E-state index < -0.39 is 15.9 Å². The maximum atomic E-state index is 13.4. The maximum absolute atomic E-state index is 13.4. The second-order valence-corrected chi connectivity index (χ2v) is 10.9. The Labute approximate surface area is 200 Å². The predicted molar refractivity (Wildman–Crippen MR) is 133 cm³/mol. The number of amides is 1. The molecule has 0 saturated carbocycles. The number of aromatic nitrogens is 2. The largest absolute Gasteiger partial charge is 0.384 e. The molecule has 2 aromatic heterocycles. The molecule has 0 bridgehead atoms. The number of aryl methyl sites for hydroxylation is 1. The number of nitrogen functional groups attached to an aromatic ring is 1. The van der Waals surface area contributed by atoms with Crippen molar-refractivity contribution in [3.63, 3.8) is 0 Å². The molecule has 1 aliphatic heterocycles. The molecule has 3 N–H and O–H groups in total. The first kappa shape index (κ1) is 23.7. The molecule has 1 fully saturated rings. The van der Waals surface area contributed by atoms with Crippen molar-refractivity contribution < 1.29 is 13.2 Å².